The summed E-state index contributed by atoms with van der Waals surface area (Å²) in [5.41, 5.74) is 3.29. The zero-order valence-corrected chi connectivity index (χ0v) is 20.0. The molecule has 7 heteroatoms. The van der Waals surface area contributed by atoms with Crippen LogP contribution >= 0.6 is 0 Å². The standard InChI is InChI=1S/C27H36FN3O3/c1-18(5-2-3-7-23-11-9-19-6-4-13-29-26(19)30-23)20-12-14-31(16-20)25(27(33)34)24-15-22(28)10-8-21(24)17-32/h8-11,15,18,20,25,32H,2-7,12-14,16-17H2,1H3,(H,29,30)(H,33,34)/t18-,20?,25-/m0/s1. The SMILES string of the molecule is C[C@@H](CCCCc1ccc2c(n1)NCCC2)C1CCN([C@H](C(=O)O)c2cc(F)ccc2CO)C1. The third-order valence-electron chi connectivity index (χ3n) is 7.53. The number of nitrogens with zero attached hydrogens (tertiary/aromatic N) is 2. The van der Waals surface area contributed by atoms with Crippen LogP contribution in [0.1, 0.15) is 67.5 Å². The van der Waals surface area contributed by atoms with Crippen molar-refractivity contribution in [3.63, 3.8) is 0 Å². The Kier molecular flexibility index (Phi) is 8.16. The molecule has 6 nitrogen and oxygen atoms in total. The second-order valence-electron chi connectivity index (χ2n) is 9.85. The molecule has 0 radical (unpaired) electrons. The number of fused-ring (bicyclic) bond motifs is 1. The van der Waals surface area contributed by atoms with Gasteiger partial charge < -0.3 is 15.5 Å². The van der Waals surface area contributed by atoms with Crippen molar-refractivity contribution in [2.45, 2.75) is 64.5 Å². The Morgan fingerprint density at radius 2 is 2.15 bits per heavy atom. The Hall–Kier alpha value is -2.51. The molecule has 4 rings (SSSR count). The van der Waals surface area contributed by atoms with Gasteiger partial charge in [0, 0.05) is 18.8 Å². The Balaban J connectivity index is 1.28. The van der Waals surface area contributed by atoms with Gasteiger partial charge in [0.2, 0.25) is 0 Å². The van der Waals surface area contributed by atoms with E-state index < -0.39 is 17.8 Å². The molecule has 0 aliphatic carbocycles. The fourth-order valence-electron chi connectivity index (χ4n) is 5.48. The van der Waals surface area contributed by atoms with E-state index in [0.717, 1.165) is 56.6 Å². The van der Waals surface area contributed by atoms with Crippen molar-refractivity contribution >= 4 is 11.8 Å². The lowest BCUT2D eigenvalue weighted by atomic mass is 9.88. The summed E-state index contributed by atoms with van der Waals surface area (Å²) in [6, 6.07) is 7.43. The Morgan fingerprint density at radius 3 is 2.94 bits per heavy atom. The minimum atomic E-state index is -0.999. The zero-order valence-electron chi connectivity index (χ0n) is 20.0. The van der Waals surface area contributed by atoms with Gasteiger partial charge in [-0.05, 0) is 85.4 Å². The maximum atomic E-state index is 13.9. The van der Waals surface area contributed by atoms with E-state index in [4.69, 9.17) is 4.98 Å². The number of hydrogen-bond acceptors (Lipinski definition) is 5. The molecule has 2 aliphatic heterocycles. The van der Waals surface area contributed by atoms with E-state index in [-0.39, 0.29) is 6.61 Å². The van der Waals surface area contributed by atoms with Gasteiger partial charge in [-0.2, -0.15) is 0 Å². The molecule has 0 amide bonds. The average molecular weight is 470 g/mol. The molecule has 184 valence electrons. The lowest BCUT2D eigenvalue weighted by molar-refractivity contribution is -0.143. The normalized spacial score (nSPS) is 19.9. The molecule has 1 fully saturated rings. The van der Waals surface area contributed by atoms with Gasteiger partial charge in [0.15, 0.2) is 0 Å². The molecule has 3 heterocycles. The number of carbonyl (C=O) groups is 1. The average Bonchev–Trinajstić information content (AvgIpc) is 3.31. The van der Waals surface area contributed by atoms with Gasteiger partial charge in [0.1, 0.15) is 17.7 Å². The number of carboxylic acids is 1. The first kappa shape index (κ1) is 24.6. The molecular weight excluding hydrogens is 433 g/mol. The maximum absolute atomic E-state index is 13.9. The Bertz CT molecular complexity index is 999. The second kappa shape index (κ2) is 11.3. The van der Waals surface area contributed by atoms with Gasteiger partial charge in [-0.3, -0.25) is 9.69 Å². The highest BCUT2D eigenvalue weighted by molar-refractivity contribution is 5.76. The van der Waals surface area contributed by atoms with Crippen LogP contribution in [-0.2, 0) is 24.2 Å². The molecule has 1 aromatic carbocycles. The summed E-state index contributed by atoms with van der Waals surface area (Å²) in [5, 5.41) is 23.0. The van der Waals surface area contributed by atoms with Crippen LogP contribution in [0.5, 0.6) is 0 Å². The van der Waals surface area contributed by atoms with E-state index in [2.05, 4.69) is 24.4 Å². The van der Waals surface area contributed by atoms with Gasteiger partial charge in [0.05, 0.1) is 6.61 Å². The highest BCUT2D eigenvalue weighted by atomic mass is 19.1. The number of anilines is 1. The first-order valence-electron chi connectivity index (χ1n) is 12.5. The molecule has 1 saturated heterocycles. The predicted molar refractivity (Wildman–Crippen MR) is 130 cm³/mol. The van der Waals surface area contributed by atoms with Crippen LogP contribution in [0, 0.1) is 17.7 Å². The largest absolute Gasteiger partial charge is 0.480 e. The Labute approximate surface area is 201 Å². The monoisotopic (exact) mass is 469 g/mol. The van der Waals surface area contributed by atoms with Crippen LogP contribution in [0.4, 0.5) is 10.2 Å². The summed E-state index contributed by atoms with van der Waals surface area (Å²) in [6.07, 6.45) is 7.49. The van der Waals surface area contributed by atoms with Crippen molar-refractivity contribution in [2.24, 2.45) is 11.8 Å². The van der Waals surface area contributed by atoms with Crippen molar-refractivity contribution in [3.8, 4) is 0 Å². The van der Waals surface area contributed by atoms with Gasteiger partial charge >= 0.3 is 5.97 Å². The molecule has 0 bridgehead atoms. The highest BCUT2D eigenvalue weighted by Gasteiger charge is 2.36. The lowest BCUT2D eigenvalue weighted by Gasteiger charge is -2.27. The van der Waals surface area contributed by atoms with Gasteiger partial charge in [0.25, 0.3) is 0 Å². The second-order valence-corrected chi connectivity index (χ2v) is 9.85. The number of aliphatic carboxylic acids is 1. The van der Waals surface area contributed by atoms with Crippen LogP contribution in [0.15, 0.2) is 30.3 Å². The predicted octanol–water partition coefficient (Wildman–Crippen LogP) is 4.57. The van der Waals surface area contributed by atoms with Crippen LogP contribution in [-0.4, -0.2) is 45.7 Å². The van der Waals surface area contributed by atoms with E-state index in [0.29, 0.717) is 36.1 Å². The Morgan fingerprint density at radius 1 is 1.29 bits per heavy atom. The van der Waals surface area contributed by atoms with Crippen molar-refractivity contribution in [1.29, 1.82) is 0 Å². The first-order valence-corrected chi connectivity index (χ1v) is 12.5. The van der Waals surface area contributed by atoms with Crippen LogP contribution in [0.2, 0.25) is 0 Å². The van der Waals surface area contributed by atoms with E-state index in [9.17, 15) is 19.4 Å². The number of aliphatic hydroxyl groups is 1. The molecule has 2 aromatic rings. The molecular formula is C27H36FN3O3. The number of carboxylic acid groups (broad SMARTS) is 1. The number of aliphatic hydroxyl groups excluding tert-OH is 1. The van der Waals surface area contributed by atoms with Crippen molar-refractivity contribution in [2.75, 3.05) is 25.0 Å². The third-order valence-corrected chi connectivity index (χ3v) is 7.53. The molecule has 1 unspecified atom stereocenters. The molecule has 34 heavy (non-hydrogen) atoms. The zero-order chi connectivity index (χ0) is 24.1. The summed E-state index contributed by atoms with van der Waals surface area (Å²) in [7, 11) is 0. The quantitative estimate of drug-likeness (QED) is 0.442. The third kappa shape index (κ3) is 5.76. The number of aryl methyl sites for hydroxylation is 2. The fraction of sp³-hybridized carbons (Fsp3) is 0.556. The molecule has 2 aliphatic rings. The fourth-order valence-corrected chi connectivity index (χ4v) is 5.48. The first-order chi connectivity index (χ1) is 16.5. The molecule has 3 atom stereocenters. The highest BCUT2D eigenvalue weighted by Crippen LogP contribution is 2.35. The number of unbranched alkanes of at least 4 members (excludes halogenated alkanes) is 1. The van der Waals surface area contributed by atoms with Gasteiger partial charge in [-0.25, -0.2) is 9.37 Å². The minimum Gasteiger partial charge on any atom is -0.480 e. The van der Waals surface area contributed by atoms with Crippen molar-refractivity contribution in [3.05, 3.63) is 58.5 Å². The topological polar surface area (TPSA) is 85.7 Å². The molecule has 0 saturated carbocycles. The number of hydrogen-bond donors (Lipinski definition) is 3. The van der Waals surface area contributed by atoms with Crippen molar-refractivity contribution < 1.29 is 19.4 Å². The maximum Gasteiger partial charge on any atom is 0.325 e. The summed E-state index contributed by atoms with van der Waals surface area (Å²) in [4.78, 5) is 18.8. The van der Waals surface area contributed by atoms with Gasteiger partial charge in [-0.1, -0.05) is 31.9 Å². The number of halogens is 1. The van der Waals surface area contributed by atoms with E-state index in [1.54, 1.807) is 0 Å². The van der Waals surface area contributed by atoms with Gasteiger partial charge in [-0.15, -0.1) is 0 Å². The van der Waals surface area contributed by atoms with E-state index in [1.165, 1.54) is 30.2 Å². The summed E-state index contributed by atoms with van der Waals surface area (Å²) < 4.78 is 13.9. The minimum absolute atomic E-state index is 0.303. The van der Waals surface area contributed by atoms with E-state index >= 15 is 0 Å². The lowest BCUT2D eigenvalue weighted by Crippen LogP contribution is -2.33. The number of benzene rings is 1. The molecule has 3 N–H and O–H groups in total. The number of nitrogens with one attached hydrogen (secondary N) is 1. The summed E-state index contributed by atoms with van der Waals surface area (Å²) >= 11 is 0. The molecule has 1 aromatic heterocycles. The van der Waals surface area contributed by atoms with Crippen LogP contribution < -0.4 is 5.32 Å². The van der Waals surface area contributed by atoms with Crippen LogP contribution in [0.25, 0.3) is 0 Å². The van der Waals surface area contributed by atoms with Crippen molar-refractivity contribution in [1.82, 2.24) is 9.88 Å². The number of rotatable bonds is 10. The smallest absolute Gasteiger partial charge is 0.325 e. The number of pyridine rings is 1. The number of aromatic nitrogens is 1. The number of likely N-dealkylation sites (tertiary alicyclic amines) is 1. The molecule has 0 spiro atoms. The summed E-state index contributed by atoms with van der Waals surface area (Å²) in [5.74, 6) is 0.479. The van der Waals surface area contributed by atoms with E-state index in [1.807, 2.05) is 4.90 Å². The summed E-state index contributed by atoms with van der Waals surface area (Å²) in [6.45, 7) is 4.30. The van der Waals surface area contributed by atoms with Crippen LogP contribution in [0.3, 0.4) is 0 Å².